The number of carbonyl (C=O) groups is 2. The van der Waals surface area contributed by atoms with Gasteiger partial charge in [-0.15, -0.1) is 0 Å². The average molecular weight is 380 g/mol. The van der Waals surface area contributed by atoms with Gasteiger partial charge in [-0.3, -0.25) is 9.59 Å². The molecule has 26 heavy (non-hydrogen) atoms. The lowest BCUT2D eigenvalue weighted by Gasteiger charge is -2.35. The molecule has 0 spiro atoms. The van der Waals surface area contributed by atoms with Gasteiger partial charge in [-0.25, -0.2) is 0 Å². The molecule has 1 heterocycles. The van der Waals surface area contributed by atoms with Crippen LogP contribution in [-0.4, -0.2) is 37.5 Å². The summed E-state index contributed by atoms with van der Waals surface area (Å²) in [6.07, 6.45) is 2.89. The summed E-state index contributed by atoms with van der Waals surface area (Å²) in [4.78, 5) is 25.3. The van der Waals surface area contributed by atoms with E-state index in [0.717, 1.165) is 32.4 Å². The fourth-order valence-corrected chi connectivity index (χ4v) is 3.27. The van der Waals surface area contributed by atoms with Gasteiger partial charge >= 0.3 is 0 Å². The van der Waals surface area contributed by atoms with Gasteiger partial charge in [-0.05, 0) is 61.5 Å². The number of halogens is 1. The summed E-state index contributed by atoms with van der Waals surface area (Å²) in [5.74, 6) is -0.316. The van der Waals surface area contributed by atoms with Crippen molar-refractivity contribution in [2.75, 3.05) is 19.6 Å². The summed E-state index contributed by atoms with van der Waals surface area (Å²) in [5.41, 5.74) is 0.613. The van der Waals surface area contributed by atoms with Gasteiger partial charge in [0.25, 0.3) is 5.91 Å². The van der Waals surface area contributed by atoms with E-state index >= 15 is 0 Å². The second-order valence-electron chi connectivity index (χ2n) is 7.62. The van der Waals surface area contributed by atoms with Gasteiger partial charge in [0, 0.05) is 17.1 Å². The van der Waals surface area contributed by atoms with Crippen LogP contribution in [0.4, 0.5) is 0 Å². The number of amides is 2. The van der Waals surface area contributed by atoms with E-state index in [1.807, 2.05) is 13.8 Å². The molecule has 2 amide bonds. The largest absolute Gasteiger partial charge is 0.354 e. The molecule has 1 aromatic carbocycles. The maximum Gasteiger partial charge on any atom is 0.251 e. The van der Waals surface area contributed by atoms with Crippen molar-refractivity contribution in [3.8, 4) is 0 Å². The molecule has 0 bridgehead atoms. The van der Waals surface area contributed by atoms with Crippen LogP contribution in [0.15, 0.2) is 24.3 Å². The lowest BCUT2D eigenvalue weighted by molar-refractivity contribution is -0.124. The van der Waals surface area contributed by atoms with Gasteiger partial charge in [0.05, 0.1) is 0 Å². The Kier molecular flexibility index (Phi) is 7.47. The predicted molar refractivity (Wildman–Crippen MR) is 105 cm³/mol. The first-order valence-corrected chi connectivity index (χ1v) is 9.77. The SMILES string of the molecule is CCC(C)C(NC(=O)c1ccc(Cl)cc1)C(=O)NCC1(C)CCNCC1. The maximum absolute atomic E-state index is 12.8. The molecule has 2 rings (SSSR count). The Morgan fingerprint density at radius 3 is 2.42 bits per heavy atom. The summed E-state index contributed by atoms with van der Waals surface area (Å²) in [6, 6.07) is 6.13. The van der Waals surface area contributed by atoms with Gasteiger partial charge in [0.15, 0.2) is 0 Å². The van der Waals surface area contributed by atoms with Crippen LogP contribution < -0.4 is 16.0 Å². The Bertz CT molecular complexity index is 612. The number of rotatable bonds is 7. The van der Waals surface area contributed by atoms with Crippen molar-refractivity contribution in [3.63, 3.8) is 0 Å². The third kappa shape index (κ3) is 5.71. The molecule has 0 saturated carbocycles. The molecule has 1 aliphatic rings. The van der Waals surface area contributed by atoms with E-state index in [2.05, 4.69) is 22.9 Å². The number of carbonyl (C=O) groups excluding carboxylic acids is 2. The van der Waals surface area contributed by atoms with Crippen molar-refractivity contribution in [2.45, 2.75) is 46.1 Å². The normalized spacial score (nSPS) is 18.6. The van der Waals surface area contributed by atoms with Crippen LogP contribution in [0.2, 0.25) is 5.02 Å². The van der Waals surface area contributed by atoms with Crippen molar-refractivity contribution >= 4 is 23.4 Å². The van der Waals surface area contributed by atoms with Gasteiger partial charge in [0.2, 0.25) is 5.91 Å². The predicted octanol–water partition coefficient (Wildman–Crippen LogP) is 2.99. The van der Waals surface area contributed by atoms with Gasteiger partial charge < -0.3 is 16.0 Å². The van der Waals surface area contributed by atoms with Crippen molar-refractivity contribution in [3.05, 3.63) is 34.9 Å². The first kappa shape index (κ1) is 20.7. The smallest absolute Gasteiger partial charge is 0.251 e. The monoisotopic (exact) mass is 379 g/mol. The Balaban J connectivity index is 2.00. The minimum atomic E-state index is -0.548. The van der Waals surface area contributed by atoms with E-state index in [4.69, 9.17) is 11.6 Å². The average Bonchev–Trinajstić information content (AvgIpc) is 2.64. The lowest BCUT2D eigenvalue weighted by atomic mass is 9.81. The quantitative estimate of drug-likeness (QED) is 0.682. The minimum absolute atomic E-state index is 0.0482. The van der Waals surface area contributed by atoms with Crippen LogP contribution in [0, 0.1) is 11.3 Å². The van der Waals surface area contributed by atoms with Crippen LogP contribution in [0.3, 0.4) is 0 Å². The molecule has 1 saturated heterocycles. The van der Waals surface area contributed by atoms with Crippen LogP contribution >= 0.6 is 11.6 Å². The zero-order chi connectivity index (χ0) is 19.2. The summed E-state index contributed by atoms with van der Waals surface area (Å²) in [5, 5.41) is 9.89. The molecule has 0 aromatic heterocycles. The fraction of sp³-hybridized carbons (Fsp3) is 0.600. The van der Waals surface area contributed by atoms with E-state index < -0.39 is 6.04 Å². The van der Waals surface area contributed by atoms with Gasteiger partial charge in [0.1, 0.15) is 6.04 Å². The molecule has 2 atom stereocenters. The Labute approximate surface area is 161 Å². The number of hydrogen-bond donors (Lipinski definition) is 3. The van der Waals surface area contributed by atoms with Crippen LogP contribution in [0.1, 0.15) is 50.4 Å². The van der Waals surface area contributed by atoms with Gasteiger partial charge in [-0.1, -0.05) is 38.8 Å². The standard InChI is InChI=1S/C20H30ClN3O2/c1-4-14(2)17(24-18(25)15-5-7-16(21)8-6-15)19(26)23-13-20(3)9-11-22-12-10-20/h5-8,14,17,22H,4,9-13H2,1-3H3,(H,23,26)(H,24,25). The molecule has 0 radical (unpaired) electrons. The van der Waals surface area contributed by atoms with Crippen molar-refractivity contribution in [2.24, 2.45) is 11.3 Å². The number of benzene rings is 1. The molecule has 1 aliphatic heterocycles. The summed E-state index contributed by atoms with van der Waals surface area (Å²) in [7, 11) is 0. The van der Waals surface area contributed by atoms with Crippen molar-refractivity contribution in [1.29, 1.82) is 0 Å². The number of nitrogens with one attached hydrogen (secondary N) is 3. The second kappa shape index (κ2) is 9.38. The molecule has 6 heteroatoms. The summed E-state index contributed by atoms with van der Waals surface area (Å²) >= 11 is 5.87. The minimum Gasteiger partial charge on any atom is -0.354 e. The molecule has 0 aliphatic carbocycles. The van der Waals surface area contributed by atoms with E-state index in [1.54, 1.807) is 24.3 Å². The van der Waals surface area contributed by atoms with E-state index in [1.165, 1.54) is 0 Å². The molecule has 2 unspecified atom stereocenters. The van der Waals surface area contributed by atoms with Crippen LogP contribution in [0.5, 0.6) is 0 Å². The molecule has 144 valence electrons. The maximum atomic E-state index is 12.8. The van der Waals surface area contributed by atoms with Gasteiger partial charge in [-0.2, -0.15) is 0 Å². The highest BCUT2D eigenvalue weighted by atomic mass is 35.5. The first-order chi connectivity index (χ1) is 12.3. The van der Waals surface area contributed by atoms with E-state index in [9.17, 15) is 9.59 Å². The van der Waals surface area contributed by atoms with Crippen molar-refractivity contribution < 1.29 is 9.59 Å². The topological polar surface area (TPSA) is 70.2 Å². The van der Waals surface area contributed by atoms with Crippen LogP contribution in [-0.2, 0) is 4.79 Å². The summed E-state index contributed by atoms with van der Waals surface area (Å²) in [6.45, 7) is 8.81. The highest BCUT2D eigenvalue weighted by Crippen LogP contribution is 2.26. The fourth-order valence-electron chi connectivity index (χ4n) is 3.15. The third-order valence-electron chi connectivity index (χ3n) is 5.39. The molecule has 1 aromatic rings. The van der Waals surface area contributed by atoms with Crippen molar-refractivity contribution in [1.82, 2.24) is 16.0 Å². The molecular weight excluding hydrogens is 350 g/mol. The number of piperidine rings is 1. The zero-order valence-corrected chi connectivity index (χ0v) is 16.7. The van der Waals surface area contributed by atoms with E-state index in [-0.39, 0.29) is 23.1 Å². The highest BCUT2D eigenvalue weighted by Gasteiger charge is 2.30. The first-order valence-electron chi connectivity index (χ1n) is 9.39. The zero-order valence-electron chi connectivity index (χ0n) is 15.9. The third-order valence-corrected chi connectivity index (χ3v) is 5.64. The van der Waals surface area contributed by atoms with E-state index in [0.29, 0.717) is 17.1 Å². The summed E-state index contributed by atoms with van der Waals surface area (Å²) < 4.78 is 0. The molecule has 3 N–H and O–H groups in total. The Morgan fingerprint density at radius 1 is 1.23 bits per heavy atom. The number of hydrogen-bond acceptors (Lipinski definition) is 3. The highest BCUT2D eigenvalue weighted by molar-refractivity contribution is 6.30. The molecular formula is C20H30ClN3O2. The molecule has 5 nitrogen and oxygen atoms in total. The lowest BCUT2D eigenvalue weighted by Crippen LogP contribution is -2.52. The molecule has 1 fully saturated rings. The Hall–Kier alpha value is -1.59. The second-order valence-corrected chi connectivity index (χ2v) is 8.06. The Morgan fingerprint density at radius 2 is 1.85 bits per heavy atom. The van der Waals surface area contributed by atoms with Crippen LogP contribution in [0.25, 0.3) is 0 Å².